The molecule has 5 rings (SSSR count). The van der Waals surface area contributed by atoms with Crippen molar-refractivity contribution in [1.29, 1.82) is 0 Å². The first kappa shape index (κ1) is 23.6. The van der Waals surface area contributed by atoms with Gasteiger partial charge in [-0.1, -0.05) is 6.58 Å². The molecule has 2 fully saturated rings. The number of aromatic nitrogens is 2. The molecule has 1 aromatic carbocycles. The van der Waals surface area contributed by atoms with E-state index in [1.165, 1.54) is 11.8 Å². The fraction of sp³-hybridized carbons (Fsp3) is 0.423. The Morgan fingerprint density at radius 3 is 2.46 bits per heavy atom. The Labute approximate surface area is 210 Å². The van der Waals surface area contributed by atoms with Crippen LogP contribution in [0, 0.1) is 0 Å². The SMILES string of the molecule is C=CC(=O)N[C@H]1CC[C@@H](Nc2nc(Nc3ccc(N4CCN(C)CC4)cc3)nc3ccsc23)CC1. The van der Waals surface area contributed by atoms with Gasteiger partial charge in [0.05, 0.1) is 10.2 Å². The fourth-order valence-corrected chi connectivity index (χ4v) is 5.59. The number of carbonyl (C=O) groups is 1. The van der Waals surface area contributed by atoms with Crippen LogP contribution in [0.15, 0.2) is 48.4 Å². The predicted molar refractivity (Wildman–Crippen MR) is 145 cm³/mol. The van der Waals surface area contributed by atoms with E-state index < -0.39 is 0 Å². The Morgan fingerprint density at radius 1 is 1.03 bits per heavy atom. The third-order valence-electron chi connectivity index (χ3n) is 6.90. The number of amides is 1. The van der Waals surface area contributed by atoms with Crippen molar-refractivity contribution in [3.8, 4) is 0 Å². The number of nitrogens with one attached hydrogen (secondary N) is 3. The summed E-state index contributed by atoms with van der Waals surface area (Å²) < 4.78 is 1.07. The standard InChI is InChI=1S/C26H33N7OS/c1-3-23(34)27-18-4-6-19(7-5-18)28-25-24-22(12-17-35-24)30-26(31-25)29-20-8-10-21(11-9-20)33-15-13-32(2)14-16-33/h3,8-12,17-19H,1,4-7,13-16H2,2H3,(H,27,34)(H2,28,29,30,31)/t18-,19+. The first-order valence-electron chi connectivity index (χ1n) is 12.3. The van der Waals surface area contributed by atoms with Crippen LogP contribution < -0.4 is 20.9 Å². The van der Waals surface area contributed by atoms with Crippen LogP contribution >= 0.6 is 11.3 Å². The fourth-order valence-electron chi connectivity index (χ4n) is 4.80. The number of hydrogen-bond donors (Lipinski definition) is 3. The minimum absolute atomic E-state index is 0.0928. The van der Waals surface area contributed by atoms with Gasteiger partial charge in [-0.25, -0.2) is 4.98 Å². The summed E-state index contributed by atoms with van der Waals surface area (Å²) in [5.41, 5.74) is 3.16. The zero-order valence-electron chi connectivity index (χ0n) is 20.2. The van der Waals surface area contributed by atoms with E-state index in [4.69, 9.17) is 9.97 Å². The van der Waals surface area contributed by atoms with Crippen LogP contribution in [0.3, 0.4) is 0 Å². The molecule has 1 aliphatic heterocycles. The van der Waals surface area contributed by atoms with E-state index in [1.807, 2.05) is 6.07 Å². The van der Waals surface area contributed by atoms with Crippen molar-refractivity contribution >= 4 is 50.6 Å². The molecule has 3 aromatic rings. The Kier molecular flexibility index (Phi) is 7.15. The van der Waals surface area contributed by atoms with E-state index >= 15 is 0 Å². The van der Waals surface area contributed by atoms with Crippen LogP contribution in [0.2, 0.25) is 0 Å². The molecule has 1 aliphatic carbocycles. The zero-order valence-corrected chi connectivity index (χ0v) is 21.0. The van der Waals surface area contributed by atoms with Gasteiger partial charge in [0.15, 0.2) is 0 Å². The lowest BCUT2D eigenvalue weighted by atomic mass is 9.91. The average molecular weight is 492 g/mol. The molecule has 8 nitrogen and oxygen atoms in total. The lowest BCUT2D eigenvalue weighted by molar-refractivity contribution is -0.117. The van der Waals surface area contributed by atoms with Gasteiger partial charge in [0, 0.05) is 49.6 Å². The Morgan fingerprint density at radius 2 is 1.74 bits per heavy atom. The Balaban J connectivity index is 1.25. The maximum Gasteiger partial charge on any atom is 0.243 e. The summed E-state index contributed by atoms with van der Waals surface area (Å²) >= 11 is 1.66. The number of anilines is 4. The van der Waals surface area contributed by atoms with E-state index in [2.05, 4.69) is 69.0 Å². The highest BCUT2D eigenvalue weighted by Crippen LogP contribution is 2.31. The molecule has 1 amide bonds. The van der Waals surface area contributed by atoms with E-state index in [0.717, 1.165) is 73.6 Å². The van der Waals surface area contributed by atoms with Crippen LogP contribution in [0.1, 0.15) is 25.7 Å². The molecule has 35 heavy (non-hydrogen) atoms. The molecule has 2 aromatic heterocycles. The molecule has 9 heteroatoms. The summed E-state index contributed by atoms with van der Waals surface area (Å²) in [5.74, 6) is 1.38. The molecule has 1 saturated carbocycles. The maximum absolute atomic E-state index is 11.6. The van der Waals surface area contributed by atoms with E-state index in [9.17, 15) is 4.79 Å². The summed E-state index contributed by atoms with van der Waals surface area (Å²) in [4.78, 5) is 26.0. The maximum atomic E-state index is 11.6. The lowest BCUT2D eigenvalue weighted by Crippen LogP contribution is -2.44. The number of likely N-dealkylation sites (N-methyl/N-ethyl adjacent to an activating group) is 1. The van der Waals surface area contributed by atoms with Crippen molar-refractivity contribution in [2.45, 2.75) is 37.8 Å². The summed E-state index contributed by atoms with van der Waals surface area (Å²) in [5, 5.41) is 12.1. The summed E-state index contributed by atoms with van der Waals surface area (Å²) in [6.45, 7) is 7.83. The van der Waals surface area contributed by atoms with Crippen LogP contribution in [0.25, 0.3) is 10.2 Å². The normalized spacial score (nSPS) is 21.0. The summed E-state index contributed by atoms with van der Waals surface area (Å²) in [7, 11) is 2.17. The number of benzene rings is 1. The molecule has 2 aliphatic rings. The number of hydrogen-bond acceptors (Lipinski definition) is 8. The Bertz CT molecular complexity index is 1160. The smallest absolute Gasteiger partial charge is 0.243 e. The van der Waals surface area contributed by atoms with Gasteiger partial charge in [0.2, 0.25) is 11.9 Å². The van der Waals surface area contributed by atoms with Crippen LogP contribution in [0.4, 0.5) is 23.1 Å². The molecule has 0 unspecified atom stereocenters. The first-order valence-corrected chi connectivity index (χ1v) is 13.2. The number of piperazine rings is 1. The molecule has 1 saturated heterocycles. The lowest BCUT2D eigenvalue weighted by Gasteiger charge is -2.34. The third-order valence-corrected chi connectivity index (χ3v) is 7.81. The Hall–Kier alpha value is -3.17. The van der Waals surface area contributed by atoms with Gasteiger partial charge in [0.25, 0.3) is 0 Å². The number of fused-ring (bicyclic) bond motifs is 1. The second kappa shape index (κ2) is 10.6. The van der Waals surface area contributed by atoms with E-state index in [0.29, 0.717) is 12.0 Å². The largest absolute Gasteiger partial charge is 0.369 e. The molecule has 0 atom stereocenters. The molecule has 0 bridgehead atoms. The highest BCUT2D eigenvalue weighted by Gasteiger charge is 2.23. The van der Waals surface area contributed by atoms with Gasteiger partial charge in [-0.3, -0.25) is 4.79 Å². The summed E-state index contributed by atoms with van der Waals surface area (Å²) in [6.07, 6.45) is 5.19. The second-order valence-corrected chi connectivity index (χ2v) is 10.3. The number of carbonyl (C=O) groups excluding carboxylic acids is 1. The third kappa shape index (κ3) is 5.74. The molecule has 0 radical (unpaired) electrons. The topological polar surface area (TPSA) is 85.4 Å². The monoisotopic (exact) mass is 491 g/mol. The molecule has 184 valence electrons. The first-order chi connectivity index (χ1) is 17.1. The average Bonchev–Trinajstić information content (AvgIpc) is 3.35. The van der Waals surface area contributed by atoms with Crippen molar-refractivity contribution in [2.24, 2.45) is 0 Å². The number of thiophene rings is 1. The molecule has 0 spiro atoms. The number of rotatable bonds is 7. The van der Waals surface area contributed by atoms with Gasteiger partial charge in [-0.15, -0.1) is 11.3 Å². The second-order valence-electron chi connectivity index (χ2n) is 9.40. The molecular weight excluding hydrogens is 458 g/mol. The number of nitrogens with zero attached hydrogens (tertiary/aromatic N) is 4. The quantitative estimate of drug-likeness (QED) is 0.427. The van der Waals surface area contributed by atoms with Gasteiger partial charge < -0.3 is 25.8 Å². The molecular formula is C26H33N7OS. The highest BCUT2D eigenvalue weighted by atomic mass is 32.1. The van der Waals surface area contributed by atoms with Gasteiger partial charge in [-0.2, -0.15) is 4.98 Å². The molecule has 3 heterocycles. The summed E-state index contributed by atoms with van der Waals surface area (Å²) in [6, 6.07) is 11.1. The van der Waals surface area contributed by atoms with Crippen molar-refractivity contribution in [2.75, 3.05) is 48.8 Å². The zero-order chi connectivity index (χ0) is 24.2. The van der Waals surface area contributed by atoms with Crippen LogP contribution in [-0.4, -0.2) is 66.1 Å². The van der Waals surface area contributed by atoms with E-state index in [1.54, 1.807) is 11.3 Å². The van der Waals surface area contributed by atoms with Gasteiger partial charge in [-0.05, 0) is 74.5 Å². The van der Waals surface area contributed by atoms with Crippen molar-refractivity contribution in [1.82, 2.24) is 20.2 Å². The minimum atomic E-state index is -0.0928. The van der Waals surface area contributed by atoms with Crippen molar-refractivity contribution in [3.63, 3.8) is 0 Å². The van der Waals surface area contributed by atoms with E-state index in [-0.39, 0.29) is 11.9 Å². The predicted octanol–water partition coefficient (Wildman–Crippen LogP) is 4.21. The highest BCUT2D eigenvalue weighted by molar-refractivity contribution is 7.17. The molecule has 3 N–H and O–H groups in total. The van der Waals surface area contributed by atoms with Crippen molar-refractivity contribution < 1.29 is 4.79 Å². The minimum Gasteiger partial charge on any atom is -0.369 e. The van der Waals surface area contributed by atoms with Gasteiger partial charge >= 0.3 is 0 Å². The van der Waals surface area contributed by atoms with Crippen LogP contribution in [0.5, 0.6) is 0 Å². The van der Waals surface area contributed by atoms with Crippen LogP contribution in [-0.2, 0) is 4.79 Å². The van der Waals surface area contributed by atoms with Crippen molar-refractivity contribution in [3.05, 3.63) is 48.4 Å². The van der Waals surface area contributed by atoms with Gasteiger partial charge in [0.1, 0.15) is 5.82 Å².